The second-order valence-electron chi connectivity index (χ2n) is 6.85. The highest BCUT2D eigenvalue weighted by Crippen LogP contribution is 2.42. The quantitative estimate of drug-likeness (QED) is 0.149. The van der Waals surface area contributed by atoms with Gasteiger partial charge in [0.1, 0.15) is 11.9 Å². The molecule has 0 spiro atoms. The van der Waals surface area contributed by atoms with Crippen LogP contribution in [-0.2, 0) is 0 Å². The number of allylic oxidation sites excluding steroid dienone is 1. The number of nitrogens with one attached hydrogen (secondary N) is 1. The van der Waals surface area contributed by atoms with Crippen molar-refractivity contribution in [2.45, 2.75) is 0 Å². The van der Waals surface area contributed by atoms with E-state index in [0.717, 1.165) is 23.2 Å². The molecule has 0 aliphatic carbocycles. The number of nitriles is 1. The van der Waals surface area contributed by atoms with E-state index in [4.69, 9.17) is 4.74 Å². The first-order valence-electron chi connectivity index (χ1n) is 9.43. The number of para-hydroxylation sites is 2. The summed E-state index contributed by atoms with van der Waals surface area (Å²) in [5.74, 6) is 0.467. The predicted molar refractivity (Wildman–Crippen MR) is 131 cm³/mol. The lowest BCUT2D eigenvalue weighted by atomic mass is 10.1. The molecule has 1 N–H and O–H groups in total. The summed E-state index contributed by atoms with van der Waals surface area (Å²) in [6.07, 6.45) is 1.63. The van der Waals surface area contributed by atoms with Crippen molar-refractivity contribution in [3.8, 4) is 17.6 Å². The van der Waals surface area contributed by atoms with Crippen LogP contribution in [0.3, 0.4) is 0 Å². The number of rotatable bonds is 6. The van der Waals surface area contributed by atoms with Gasteiger partial charge in [-0.05, 0) is 73.8 Å². The van der Waals surface area contributed by atoms with E-state index < -0.39 is 21.2 Å². The number of ether oxygens (including phenoxy) is 1. The summed E-state index contributed by atoms with van der Waals surface area (Å²) in [6.45, 7) is 0. The molecule has 168 valence electrons. The minimum atomic E-state index is -0.756. The van der Waals surface area contributed by atoms with Crippen molar-refractivity contribution in [1.29, 1.82) is 5.26 Å². The predicted octanol–water partition coefficient (Wildman–Crippen LogP) is 6.76. The van der Waals surface area contributed by atoms with Gasteiger partial charge in [-0.2, -0.15) is 5.26 Å². The van der Waals surface area contributed by atoms with Crippen molar-refractivity contribution >= 4 is 65.9 Å². The standard InChI is InChI=1S/C22H11Br2N5O5/c23-15-8-12(7-13(11-25)22-26-17-3-1-2-4-18(17)27-22)9-16(24)21(15)34-20-6-5-14(28(30)31)10-19(20)29(32)33/h1-10H,(H,26,27)/b13-7+. The number of nitrogens with zero attached hydrogens (tertiary/aromatic N) is 4. The third-order valence-electron chi connectivity index (χ3n) is 4.66. The van der Waals surface area contributed by atoms with Gasteiger partial charge in [0, 0.05) is 6.07 Å². The molecule has 0 atom stereocenters. The van der Waals surface area contributed by atoms with Crippen LogP contribution in [0, 0.1) is 31.6 Å². The van der Waals surface area contributed by atoms with Crippen LogP contribution < -0.4 is 4.74 Å². The van der Waals surface area contributed by atoms with E-state index in [2.05, 4.69) is 47.9 Å². The number of aromatic nitrogens is 2. The van der Waals surface area contributed by atoms with Crippen LogP contribution in [0.4, 0.5) is 11.4 Å². The molecule has 4 rings (SSSR count). The van der Waals surface area contributed by atoms with Gasteiger partial charge in [-0.25, -0.2) is 4.98 Å². The number of hydrogen-bond acceptors (Lipinski definition) is 7. The summed E-state index contributed by atoms with van der Waals surface area (Å²) in [4.78, 5) is 28.4. The number of aromatic amines is 1. The first-order valence-corrected chi connectivity index (χ1v) is 11.0. The molecule has 0 bridgehead atoms. The minimum Gasteiger partial charge on any atom is -0.448 e. The zero-order valence-electron chi connectivity index (χ0n) is 16.9. The summed E-state index contributed by atoms with van der Waals surface area (Å²) in [6, 6.07) is 16.0. The number of H-pyrrole nitrogens is 1. The fraction of sp³-hybridized carbons (Fsp3) is 0. The second kappa shape index (κ2) is 9.42. The number of nitro benzene ring substituents is 2. The molecule has 0 aliphatic rings. The van der Waals surface area contributed by atoms with Crippen LogP contribution in [0.15, 0.2) is 63.5 Å². The zero-order valence-corrected chi connectivity index (χ0v) is 20.0. The fourth-order valence-electron chi connectivity index (χ4n) is 3.12. The monoisotopic (exact) mass is 583 g/mol. The highest BCUT2D eigenvalue weighted by molar-refractivity contribution is 9.11. The van der Waals surface area contributed by atoms with E-state index >= 15 is 0 Å². The Hall–Kier alpha value is -4.08. The molecule has 0 radical (unpaired) electrons. The highest BCUT2D eigenvalue weighted by atomic mass is 79.9. The molecule has 0 amide bonds. The lowest BCUT2D eigenvalue weighted by molar-refractivity contribution is -0.394. The maximum Gasteiger partial charge on any atom is 0.318 e. The number of hydrogen-bond donors (Lipinski definition) is 1. The number of benzene rings is 3. The van der Waals surface area contributed by atoms with Crippen molar-refractivity contribution in [1.82, 2.24) is 9.97 Å². The average molecular weight is 585 g/mol. The molecule has 12 heteroatoms. The Kier molecular flexibility index (Phi) is 6.40. The Morgan fingerprint density at radius 3 is 2.38 bits per heavy atom. The van der Waals surface area contributed by atoms with Crippen LogP contribution in [0.25, 0.3) is 22.7 Å². The van der Waals surface area contributed by atoms with E-state index in [1.807, 2.05) is 24.3 Å². The van der Waals surface area contributed by atoms with Gasteiger partial charge in [0.25, 0.3) is 5.69 Å². The van der Waals surface area contributed by atoms with E-state index in [1.54, 1.807) is 18.2 Å². The van der Waals surface area contributed by atoms with E-state index in [-0.39, 0.29) is 11.5 Å². The van der Waals surface area contributed by atoms with Gasteiger partial charge in [0.05, 0.1) is 41.5 Å². The summed E-state index contributed by atoms with van der Waals surface area (Å²) in [5.41, 5.74) is 1.49. The van der Waals surface area contributed by atoms with Crippen LogP contribution >= 0.6 is 31.9 Å². The van der Waals surface area contributed by atoms with Crippen LogP contribution in [-0.4, -0.2) is 19.8 Å². The van der Waals surface area contributed by atoms with Gasteiger partial charge >= 0.3 is 5.69 Å². The van der Waals surface area contributed by atoms with E-state index in [1.165, 1.54) is 6.07 Å². The average Bonchev–Trinajstić information content (AvgIpc) is 3.23. The molecule has 1 heterocycles. The molecule has 1 aromatic heterocycles. The number of non-ortho nitro benzene ring substituents is 1. The zero-order chi connectivity index (χ0) is 24.4. The second-order valence-corrected chi connectivity index (χ2v) is 8.56. The van der Waals surface area contributed by atoms with Crippen molar-refractivity contribution in [2.75, 3.05) is 0 Å². The molecule has 0 saturated carbocycles. The SMILES string of the molecule is N#C/C(=C\c1cc(Br)c(Oc2ccc([N+](=O)[O-])cc2[N+](=O)[O-])c(Br)c1)c1nc2ccccc2[nH]1. The number of imidazole rings is 1. The molecule has 0 aliphatic heterocycles. The Morgan fingerprint density at radius 2 is 1.76 bits per heavy atom. The summed E-state index contributed by atoms with van der Waals surface area (Å²) in [7, 11) is 0. The van der Waals surface area contributed by atoms with Crippen LogP contribution in [0.2, 0.25) is 0 Å². The van der Waals surface area contributed by atoms with Gasteiger partial charge in [0.2, 0.25) is 5.75 Å². The summed E-state index contributed by atoms with van der Waals surface area (Å²) >= 11 is 6.76. The van der Waals surface area contributed by atoms with E-state index in [9.17, 15) is 25.5 Å². The van der Waals surface area contributed by atoms with Crippen LogP contribution in [0.1, 0.15) is 11.4 Å². The number of fused-ring (bicyclic) bond motifs is 1. The van der Waals surface area contributed by atoms with Crippen molar-refractivity contribution in [3.63, 3.8) is 0 Å². The van der Waals surface area contributed by atoms with E-state index in [0.29, 0.717) is 25.9 Å². The van der Waals surface area contributed by atoms with Gasteiger partial charge in [0.15, 0.2) is 5.75 Å². The maximum absolute atomic E-state index is 11.4. The smallest absolute Gasteiger partial charge is 0.318 e. The molecule has 10 nitrogen and oxygen atoms in total. The Balaban J connectivity index is 1.69. The van der Waals surface area contributed by atoms with Gasteiger partial charge < -0.3 is 9.72 Å². The highest BCUT2D eigenvalue weighted by Gasteiger charge is 2.23. The maximum atomic E-state index is 11.4. The molecule has 0 fully saturated rings. The number of nitro groups is 2. The summed E-state index contributed by atoms with van der Waals surface area (Å²) < 4.78 is 6.58. The molecule has 4 aromatic rings. The molecule has 34 heavy (non-hydrogen) atoms. The summed E-state index contributed by atoms with van der Waals surface area (Å²) in [5, 5.41) is 32.0. The minimum absolute atomic E-state index is 0.166. The van der Waals surface area contributed by atoms with Crippen molar-refractivity contribution in [3.05, 3.63) is 95.2 Å². The topological polar surface area (TPSA) is 148 Å². The molecule has 3 aromatic carbocycles. The molecular weight excluding hydrogens is 574 g/mol. The first-order chi connectivity index (χ1) is 16.3. The normalized spacial score (nSPS) is 11.3. The lowest BCUT2D eigenvalue weighted by Crippen LogP contribution is -1.97. The lowest BCUT2D eigenvalue weighted by Gasteiger charge is -2.11. The Morgan fingerprint density at radius 1 is 1.06 bits per heavy atom. The Labute approximate surface area is 208 Å². The van der Waals surface area contributed by atoms with Crippen LogP contribution in [0.5, 0.6) is 11.5 Å². The number of halogens is 2. The molecule has 0 saturated heterocycles. The van der Waals surface area contributed by atoms with Gasteiger partial charge in [-0.1, -0.05) is 12.1 Å². The van der Waals surface area contributed by atoms with Crippen molar-refractivity contribution < 1.29 is 14.6 Å². The first kappa shape index (κ1) is 23.1. The third-order valence-corrected chi connectivity index (χ3v) is 5.84. The van der Waals surface area contributed by atoms with Crippen molar-refractivity contribution in [2.24, 2.45) is 0 Å². The molecule has 0 unspecified atom stereocenters. The van der Waals surface area contributed by atoms with Gasteiger partial charge in [-0.3, -0.25) is 20.2 Å². The van der Waals surface area contributed by atoms with Gasteiger partial charge in [-0.15, -0.1) is 0 Å². The fourth-order valence-corrected chi connectivity index (χ4v) is 4.50. The Bertz CT molecular complexity index is 1480. The largest absolute Gasteiger partial charge is 0.448 e. The third kappa shape index (κ3) is 4.66. The molecular formula is C22H11Br2N5O5.